The smallest absolute Gasteiger partial charge is 0.288 e. The summed E-state index contributed by atoms with van der Waals surface area (Å²) in [5, 5.41) is 13.2. The molecule has 0 atom stereocenters. The molecule has 110 valence electrons. The minimum absolute atomic E-state index is 0.0512. The Morgan fingerprint density at radius 1 is 1.52 bits per heavy atom. The summed E-state index contributed by atoms with van der Waals surface area (Å²) in [4.78, 5) is 29.7. The summed E-state index contributed by atoms with van der Waals surface area (Å²) in [7, 11) is 0. The van der Waals surface area contributed by atoms with Crippen molar-refractivity contribution in [2.75, 3.05) is 5.73 Å². The van der Waals surface area contributed by atoms with E-state index in [0.717, 1.165) is 18.0 Å². The minimum atomic E-state index is -0.649. The largest absolute Gasteiger partial charge is 0.444 e. The Hall–Kier alpha value is -2.97. The first-order chi connectivity index (χ1) is 9.88. The Kier molecular flexibility index (Phi) is 3.83. The van der Waals surface area contributed by atoms with Crippen molar-refractivity contribution < 1.29 is 14.1 Å². The van der Waals surface area contributed by atoms with Crippen LogP contribution in [0.3, 0.4) is 0 Å². The first kappa shape index (κ1) is 14.4. The van der Waals surface area contributed by atoms with E-state index in [1.165, 1.54) is 0 Å². The van der Waals surface area contributed by atoms with Gasteiger partial charge in [-0.2, -0.15) is 0 Å². The second-order valence-corrected chi connectivity index (χ2v) is 4.32. The van der Waals surface area contributed by atoms with Gasteiger partial charge in [-0.15, -0.1) is 0 Å². The Balaban J connectivity index is 2.13. The molecule has 0 spiro atoms. The molecule has 0 aliphatic rings. The van der Waals surface area contributed by atoms with Crippen LogP contribution in [-0.2, 0) is 6.54 Å². The summed E-state index contributed by atoms with van der Waals surface area (Å²) >= 11 is 0. The number of nitrogens with one attached hydrogen (secondary N) is 1. The van der Waals surface area contributed by atoms with Gasteiger partial charge < -0.3 is 15.5 Å². The maximum Gasteiger partial charge on any atom is 0.288 e. The number of nitrogen functional groups attached to an aromatic ring is 1. The molecule has 0 unspecified atom stereocenters. The molecule has 0 aliphatic heterocycles. The zero-order valence-corrected chi connectivity index (χ0v) is 11.4. The highest BCUT2D eigenvalue weighted by Gasteiger charge is 2.17. The Labute approximate surface area is 119 Å². The molecule has 2 aromatic rings. The van der Waals surface area contributed by atoms with Crippen LogP contribution in [0.25, 0.3) is 0 Å². The minimum Gasteiger partial charge on any atom is -0.444 e. The third kappa shape index (κ3) is 3.14. The lowest BCUT2D eigenvalue weighted by Gasteiger charge is -2.05. The molecule has 0 radical (unpaired) electrons. The van der Waals surface area contributed by atoms with Crippen molar-refractivity contribution in [3.8, 4) is 0 Å². The van der Waals surface area contributed by atoms with E-state index in [-0.39, 0.29) is 23.6 Å². The first-order valence-electron chi connectivity index (χ1n) is 5.99. The highest BCUT2D eigenvalue weighted by molar-refractivity contribution is 5.98. The van der Waals surface area contributed by atoms with E-state index < -0.39 is 10.8 Å². The summed E-state index contributed by atoms with van der Waals surface area (Å²) in [5.74, 6) is 0.334. The van der Waals surface area contributed by atoms with E-state index >= 15 is 0 Å². The number of hydrogen-bond donors (Lipinski definition) is 2. The molecular formula is C12H13N5O4. The number of aryl methyl sites for hydroxylation is 2. The third-order valence-corrected chi connectivity index (χ3v) is 2.83. The highest BCUT2D eigenvalue weighted by Crippen LogP contribution is 2.17. The van der Waals surface area contributed by atoms with Crippen LogP contribution in [-0.4, -0.2) is 20.8 Å². The highest BCUT2D eigenvalue weighted by atomic mass is 16.6. The molecule has 9 heteroatoms. The van der Waals surface area contributed by atoms with Crippen molar-refractivity contribution in [3.63, 3.8) is 0 Å². The number of carbonyl (C=O) groups is 1. The van der Waals surface area contributed by atoms with Crippen molar-refractivity contribution in [2.24, 2.45) is 0 Å². The van der Waals surface area contributed by atoms with E-state index in [0.29, 0.717) is 11.7 Å². The SMILES string of the molecule is Cc1nc(CNC(=O)c2cc([N+](=O)[O-])cnc2N)oc1C. The molecule has 0 aromatic carbocycles. The maximum atomic E-state index is 12.0. The van der Waals surface area contributed by atoms with Crippen molar-refractivity contribution in [2.45, 2.75) is 20.4 Å². The van der Waals surface area contributed by atoms with Crippen LogP contribution in [0.4, 0.5) is 11.5 Å². The van der Waals surface area contributed by atoms with E-state index in [1.54, 1.807) is 13.8 Å². The molecule has 3 N–H and O–H groups in total. The summed E-state index contributed by atoms with van der Waals surface area (Å²) in [5.41, 5.74) is 5.91. The second kappa shape index (κ2) is 5.57. The van der Waals surface area contributed by atoms with E-state index in [2.05, 4.69) is 15.3 Å². The fourth-order valence-electron chi connectivity index (χ4n) is 1.61. The molecule has 0 fully saturated rings. The van der Waals surface area contributed by atoms with Crippen LogP contribution in [0.2, 0.25) is 0 Å². The van der Waals surface area contributed by atoms with Crippen molar-refractivity contribution in [3.05, 3.63) is 45.3 Å². The number of rotatable bonds is 4. The number of nitro groups is 1. The lowest BCUT2D eigenvalue weighted by molar-refractivity contribution is -0.385. The van der Waals surface area contributed by atoms with Gasteiger partial charge in [-0.25, -0.2) is 9.97 Å². The van der Waals surface area contributed by atoms with Crippen molar-refractivity contribution >= 4 is 17.4 Å². The zero-order chi connectivity index (χ0) is 15.6. The number of aromatic nitrogens is 2. The van der Waals surface area contributed by atoms with Gasteiger partial charge in [-0.1, -0.05) is 0 Å². The number of hydrogen-bond acceptors (Lipinski definition) is 7. The number of amides is 1. The van der Waals surface area contributed by atoms with Crippen LogP contribution in [0, 0.1) is 24.0 Å². The van der Waals surface area contributed by atoms with Crippen molar-refractivity contribution in [1.29, 1.82) is 0 Å². The van der Waals surface area contributed by atoms with Crippen molar-refractivity contribution in [1.82, 2.24) is 15.3 Å². The van der Waals surface area contributed by atoms with E-state index in [4.69, 9.17) is 10.2 Å². The average Bonchev–Trinajstić information content (AvgIpc) is 2.75. The van der Waals surface area contributed by atoms with Gasteiger partial charge in [0, 0.05) is 6.07 Å². The van der Waals surface area contributed by atoms with Gasteiger partial charge in [0.1, 0.15) is 17.8 Å². The third-order valence-electron chi connectivity index (χ3n) is 2.83. The van der Waals surface area contributed by atoms with Gasteiger partial charge in [0.2, 0.25) is 5.89 Å². The molecule has 9 nitrogen and oxygen atoms in total. The van der Waals surface area contributed by atoms with Gasteiger partial charge in [0.05, 0.1) is 22.7 Å². The summed E-state index contributed by atoms with van der Waals surface area (Å²) in [6.45, 7) is 3.60. The molecule has 0 saturated carbocycles. The second-order valence-electron chi connectivity index (χ2n) is 4.32. The fourth-order valence-corrected chi connectivity index (χ4v) is 1.61. The molecule has 0 bridgehead atoms. The topological polar surface area (TPSA) is 137 Å². The maximum absolute atomic E-state index is 12.0. The number of anilines is 1. The van der Waals surface area contributed by atoms with Gasteiger partial charge in [-0.3, -0.25) is 14.9 Å². The van der Waals surface area contributed by atoms with E-state index in [9.17, 15) is 14.9 Å². The summed E-state index contributed by atoms with van der Waals surface area (Å²) < 4.78 is 5.31. The van der Waals surface area contributed by atoms with Crippen LogP contribution in [0.5, 0.6) is 0 Å². The van der Waals surface area contributed by atoms with Crippen LogP contribution < -0.4 is 11.1 Å². The molecule has 21 heavy (non-hydrogen) atoms. The average molecular weight is 291 g/mol. The predicted molar refractivity (Wildman–Crippen MR) is 72.5 cm³/mol. The lowest BCUT2D eigenvalue weighted by Crippen LogP contribution is -2.24. The number of oxazole rings is 1. The number of carbonyl (C=O) groups excluding carboxylic acids is 1. The Morgan fingerprint density at radius 3 is 2.81 bits per heavy atom. The fraction of sp³-hybridized carbons (Fsp3) is 0.250. The standard InChI is InChI=1S/C12H13N5O4/c1-6-7(2)21-10(16-6)5-15-12(18)9-3-8(17(19)20)4-14-11(9)13/h3-4H,5H2,1-2H3,(H2,13,14)(H,15,18). The molecule has 0 saturated heterocycles. The monoisotopic (exact) mass is 291 g/mol. The Morgan fingerprint density at radius 2 is 2.24 bits per heavy atom. The van der Waals surface area contributed by atoms with Gasteiger partial charge >= 0.3 is 0 Å². The normalized spacial score (nSPS) is 10.4. The number of nitrogens with zero attached hydrogens (tertiary/aromatic N) is 3. The van der Waals surface area contributed by atoms with E-state index in [1.807, 2.05) is 0 Å². The molecule has 1 amide bonds. The van der Waals surface area contributed by atoms with Crippen LogP contribution in [0.1, 0.15) is 27.7 Å². The Bertz CT molecular complexity index is 690. The summed E-state index contributed by atoms with van der Waals surface area (Å²) in [6.07, 6.45) is 0.993. The van der Waals surface area contributed by atoms with Gasteiger partial charge in [0.15, 0.2) is 0 Å². The molecular weight excluding hydrogens is 278 g/mol. The van der Waals surface area contributed by atoms with Crippen LogP contribution in [0.15, 0.2) is 16.7 Å². The lowest BCUT2D eigenvalue weighted by atomic mass is 10.2. The predicted octanol–water partition coefficient (Wildman–Crippen LogP) is 1.11. The quantitative estimate of drug-likeness (QED) is 0.635. The number of nitrogens with two attached hydrogens (primary N) is 1. The molecule has 2 rings (SSSR count). The molecule has 0 aliphatic carbocycles. The molecule has 2 heterocycles. The van der Waals surface area contributed by atoms with Gasteiger partial charge in [0.25, 0.3) is 11.6 Å². The number of pyridine rings is 1. The van der Waals surface area contributed by atoms with Gasteiger partial charge in [-0.05, 0) is 13.8 Å². The first-order valence-corrected chi connectivity index (χ1v) is 5.99. The summed E-state index contributed by atoms with van der Waals surface area (Å²) in [6, 6.07) is 1.07. The van der Waals surface area contributed by atoms with Crippen LogP contribution >= 0.6 is 0 Å². The molecule has 2 aromatic heterocycles. The zero-order valence-electron chi connectivity index (χ0n) is 11.4.